The van der Waals surface area contributed by atoms with E-state index in [2.05, 4.69) is 30.4 Å². The Labute approximate surface area is 102 Å². The van der Waals surface area contributed by atoms with E-state index in [9.17, 15) is 0 Å². The van der Waals surface area contributed by atoms with Gasteiger partial charge in [0.1, 0.15) is 5.75 Å². The van der Waals surface area contributed by atoms with Crippen molar-refractivity contribution in [2.75, 3.05) is 13.2 Å². The minimum absolute atomic E-state index is 0.0511. The number of hydrogen-bond acceptors (Lipinski definition) is 3. The minimum atomic E-state index is 0.0511. The molecule has 17 heavy (non-hydrogen) atoms. The van der Waals surface area contributed by atoms with Crippen molar-refractivity contribution in [1.29, 1.82) is 5.26 Å². The lowest BCUT2D eigenvalue weighted by Gasteiger charge is -2.15. The summed E-state index contributed by atoms with van der Waals surface area (Å²) in [6.45, 7) is 5.58. The maximum absolute atomic E-state index is 8.74. The van der Waals surface area contributed by atoms with E-state index in [0.29, 0.717) is 0 Å². The van der Waals surface area contributed by atoms with E-state index in [1.165, 1.54) is 11.1 Å². The highest BCUT2D eigenvalue weighted by atomic mass is 16.5. The Kier molecular flexibility index (Phi) is 3.65. The number of nitrogens with zero attached hydrogens (tertiary/aromatic N) is 1. The smallest absolute Gasteiger partial charge is 0.122 e. The van der Waals surface area contributed by atoms with Crippen molar-refractivity contribution in [1.82, 2.24) is 5.32 Å². The SMILES string of the molecule is CC(C#N)CNC(C)c1ccc2c(c1)CCO2. The van der Waals surface area contributed by atoms with Crippen molar-refractivity contribution in [2.24, 2.45) is 5.92 Å². The van der Waals surface area contributed by atoms with Crippen LogP contribution in [0.3, 0.4) is 0 Å². The zero-order valence-corrected chi connectivity index (χ0v) is 10.4. The number of ether oxygens (including phenoxy) is 1. The highest BCUT2D eigenvalue weighted by Gasteiger charge is 2.14. The molecule has 0 spiro atoms. The van der Waals surface area contributed by atoms with Gasteiger partial charge in [0.15, 0.2) is 0 Å². The van der Waals surface area contributed by atoms with Gasteiger partial charge in [-0.05, 0) is 31.0 Å². The van der Waals surface area contributed by atoms with E-state index in [1.807, 2.05) is 13.0 Å². The second-order valence-corrected chi connectivity index (χ2v) is 4.63. The van der Waals surface area contributed by atoms with Crippen LogP contribution in [0.5, 0.6) is 5.75 Å². The zero-order chi connectivity index (χ0) is 12.3. The van der Waals surface area contributed by atoms with Gasteiger partial charge in [-0.3, -0.25) is 0 Å². The Hall–Kier alpha value is -1.53. The number of hydrogen-bond donors (Lipinski definition) is 1. The van der Waals surface area contributed by atoms with Gasteiger partial charge in [-0.15, -0.1) is 0 Å². The average molecular weight is 230 g/mol. The molecule has 3 nitrogen and oxygen atoms in total. The summed E-state index contributed by atoms with van der Waals surface area (Å²) in [5.41, 5.74) is 2.56. The van der Waals surface area contributed by atoms with Crippen LogP contribution >= 0.6 is 0 Å². The van der Waals surface area contributed by atoms with Crippen LogP contribution in [-0.2, 0) is 6.42 Å². The van der Waals surface area contributed by atoms with Crippen LogP contribution in [0.2, 0.25) is 0 Å². The van der Waals surface area contributed by atoms with Crippen molar-refractivity contribution in [3.05, 3.63) is 29.3 Å². The van der Waals surface area contributed by atoms with E-state index < -0.39 is 0 Å². The molecule has 90 valence electrons. The maximum Gasteiger partial charge on any atom is 0.122 e. The molecule has 2 rings (SSSR count). The van der Waals surface area contributed by atoms with Crippen LogP contribution < -0.4 is 10.1 Å². The third-order valence-corrected chi connectivity index (χ3v) is 3.16. The van der Waals surface area contributed by atoms with Gasteiger partial charge in [-0.1, -0.05) is 12.1 Å². The van der Waals surface area contributed by atoms with E-state index >= 15 is 0 Å². The summed E-state index contributed by atoms with van der Waals surface area (Å²) >= 11 is 0. The van der Waals surface area contributed by atoms with Crippen molar-refractivity contribution in [3.8, 4) is 11.8 Å². The molecule has 2 unspecified atom stereocenters. The summed E-state index contributed by atoms with van der Waals surface area (Å²) in [6.07, 6.45) is 1.00. The summed E-state index contributed by atoms with van der Waals surface area (Å²) in [7, 11) is 0. The lowest BCUT2D eigenvalue weighted by atomic mass is 10.0. The summed E-state index contributed by atoms with van der Waals surface area (Å²) in [5, 5.41) is 12.1. The predicted molar refractivity (Wildman–Crippen MR) is 66.8 cm³/mol. The van der Waals surface area contributed by atoms with Crippen LogP contribution in [0, 0.1) is 17.2 Å². The third-order valence-electron chi connectivity index (χ3n) is 3.16. The molecule has 0 aliphatic carbocycles. The molecule has 1 N–H and O–H groups in total. The molecule has 3 heteroatoms. The molecule has 0 radical (unpaired) electrons. The molecular weight excluding hydrogens is 212 g/mol. The fourth-order valence-electron chi connectivity index (χ4n) is 1.99. The first kappa shape index (κ1) is 11.9. The van der Waals surface area contributed by atoms with Crippen molar-refractivity contribution in [2.45, 2.75) is 26.3 Å². The quantitative estimate of drug-likeness (QED) is 0.864. The highest BCUT2D eigenvalue weighted by molar-refractivity contribution is 5.40. The highest BCUT2D eigenvalue weighted by Crippen LogP contribution is 2.28. The first-order valence-corrected chi connectivity index (χ1v) is 6.09. The molecule has 0 fully saturated rings. The number of rotatable bonds is 4. The average Bonchev–Trinajstić information content (AvgIpc) is 2.82. The normalized spacial score (nSPS) is 16.8. The fourth-order valence-corrected chi connectivity index (χ4v) is 1.99. The molecule has 0 amide bonds. The van der Waals surface area contributed by atoms with Crippen LogP contribution in [0.4, 0.5) is 0 Å². The Morgan fingerprint density at radius 3 is 3.06 bits per heavy atom. The molecule has 1 aromatic rings. The van der Waals surface area contributed by atoms with Crippen molar-refractivity contribution < 1.29 is 4.74 Å². The van der Waals surface area contributed by atoms with Crippen LogP contribution in [0.25, 0.3) is 0 Å². The summed E-state index contributed by atoms with van der Waals surface area (Å²) < 4.78 is 5.49. The molecule has 0 aromatic heterocycles. The molecule has 0 bridgehead atoms. The van der Waals surface area contributed by atoms with Gasteiger partial charge >= 0.3 is 0 Å². The van der Waals surface area contributed by atoms with Crippen LogP contribution in [-0.4, -0.2) is 13.2 Å². The van der Waals surface area contributed by atoms with Gasteiger partial charge < -0.3 is 10.1 Å². The Bertz CT molecular complexity index is 436. The summed E-state index contributed by atoms with van der Waals surface area (Å²) in [4.78, 5) is 0. The number of benzene rings is 1. The Morgan fingerprint density at radius 2 is 2.29 bits per heavy atom. The fraction of sp³-hybridized carbons (Fsp3) is 0.500. The van der Waals surface area contributed by atoms with Crippen LogP contribution in [0.1, 0.15) is 31.0 Å². The zero-order valence-electron chi connectivity index (χ0n) is 10.4. The minimum Gasteiger partial charge on any atom is -0.493 e. The second kappa shape index (κ2) is 5.20. The summed E-state index contributed by atoms with van der Waals surface area (Å²) in [6, 6.07) is 8.85. The molecule has 1 aliphatic rings. The van der Waals surface area contributed by atoms with Crippen molar-refractivity contribution in [3.63, 3.8) is 0 Å². The first-order valence-electron chi connectivity index (χ1n) is 6.09. The first-order chi connectivity index (χ1) is 8.20. The van der Waals surface area contributed by atoms with Gasteiger partial charge in [0.25, 0.3) is 0 Å². The third kappa shape index (κ3) is 2.78. The number of nitriles is 1. The van der Waals surface area contributed by atoms with E-state index in [4.69, 9.17) is 10.00 Å². The van der Waals surface area contributed by atoms with Crippen LogP contribution in [0.15, 0.2) is 18.2 Å². The van der Waals surface area contributed by atoms with E-state index in [1.54, 1.807) is 0 Å². The molecule has 1 heterocycles. The number of nitrogens with one attached hydrogen (secondary N) is 1. The van der Waals surface area contributed by atoms with E-state index in [-0.39, 0.29) is 12.0 Å². The van der Waals surface area contributed by atoms with Gasteiger partial charge in [-0.25, -0.2) is 0 Å². The van der Waals surface area contributed by atoms with Crippen molar-refractivity contribution >= 4 is 0 Å². The maximum atomic E-state index is 8.74. The van der Waals surface area contributed by atoms with E-state index in [0.717, 1.165) is 25.3 Å². The lowest BCUT2D eigenvalue weighted by Crippen LogP contribution is -2.23. The van der Waals surface area contributed by atoms with Gasteiger partial charge in [-0.2, -0.15) is 5.26 Å². The predicted octanol–water partition coefficient (Wildman–Crippen LogP) is 2.43. The Balaban J connectivity index is 2.00. The molecule has 1 aliphatic heterocycles. The Morgan fingerprint density at radius 1 is 1.47 bits per heavy atom. The lowest BCUT2D eigenvalue weighted by molar-refractivity contribution is 0.356. The molecular formula is C14H18N2O. The molecule has 0 saturated heterocycles. The molecule has 0 saturated carbocycles. The van der Waals surface area contributed by atoms with Gasteiger partial charge in [0.2, 0.25) is 0 Å². The van der Waals surface area contributed by atoms with Gasteiger partial charge in [0.05, 0.1) is 18.6 Å². The largest absolute Gasteiger partial charge is 0.493 e. The molecule has 1 aromatic carbocycles. The summed E-state index contributed by atoms with van der Waals surface area (Å²) in [5.74, 6) is 1.07. The topological polar surface area (TPSA) is 45.0 Å². The number of fused-ring (bicyclic) bond motifs is 1. The molecule has 2 atom stereocenters. The monoisotopic (exact) mass is 230 g/mol. The van der Waals surface area contributed by atoms with Gasteiger partial charge in [0, 0.05) is 19.0 Å². The second-order valence-electron chi connectivity index (χ2n) is 4.63. The standard InChI is InChI=1S/C14H18N2O/c1-10(8-15)9-16-11(2)12-3-4-14-13(7-12)5-6-17-14/h3-4,7,10-11,16H,5-6,9H2,1-2H3.